The van der Waals surface area contributed by atoms with Crippen molar-refractivity contribution < 1.29 is 14.3 Å². The van der Waals surface area contributed by atoms with Gasteiger partial charge in [0.25, 0.3) is 5.91 Å². The molecule has 0 aromatic carbocycles. The molecule has 37 heavy (non-hydrogen) atoms. The van der Waals surface area contributed by atoms with E-state index in [9.17, 15) is 9.59 Å². The highest BCUT2D eigenvalue weighted by molar-refractivity contribution is 5.97. The van der Waals surface area contributed by atoms with Gasteiger partial charge in [-0.3, -0.25) is 4.79 Å². The Morgan fingerprint density at radius 3 is 2.78 bits per heavy atom. The first-order valence-corrected chi connectivity index (χ1v) is 12.6. The Morgan fingerprint density at radius 1 is 1.35 bits per heavy atom. The summed E-state index contributed by atoms with van der Waals surface area (Å²) in [5.74, 6) is 0.596. The Bertz CT molecular complexity index is 1300. The number of aryl methyl sites for hydroxylation is 1. The third-order valence-corrected chi connectivity index (χ3v) is 6.39. The smallest absolute Gasteiger partial charge is 0.407 e. The fourth-order valence-corrected chi connectivity index (χ4v) is 4.63. The number of nitrogens with two attached hydrogens (primary N) is 1. The lowest BCUT2D eigenvalue weighted by molar-refractivity contribution is 0.0508. The van der Waals surface area contributed by atoms with Crippen LogP contribution in [0.25, 0.3) is 5.65 Å². The second-order valence-electron chi connectivity index (χ2n) is 10.5. The number of alkyl carbamates (subject to hydrolysis) is 1. The minimum atomic E-state index is -0.537. The van der Waals surface area contributed by atoms with Crippen LogP contribution in [0, 0.1) is 6.92 Å². The van der Waals surface area contributed by atoms with Gasteiger partial charge in [-0.05, 0) is 52.7 Å². The molecule has 2 atom stereocenters. The summed E-state index contributed by atoms with van der Waals surface area (Å²) in [7, 11) is 1.74. The Labute approximate surface area is 217 Å². The van der Waals surface area contributed by atoms with E-state index in [-0.39, 0.29) is 23.7 Å². The number of ether oxygens (including phenoxy) is 1. The molecule has 11 heteroatoms. The summed E-state index contributed by atoms with van der Waals surface area (Å²) < 4.78 is 7.14. The lowest BCUT2D eigenvalue weighted by Crippen LogP contribution is -2.40. The summed E-state index contributed by atoms with van der Waals surface area (Å²) in [6.07, 6.45) is 4.56. The van der Waals surface area contributed by atoms with Crippen molar-refractivity contribution in [2.75, 3.05) is 30.8 Å². The molecule has 0 aliphatic carbocycles. The minimum absolute atomic E-state index is 0.0177. The molecule has 0 bridgehead atoms. The van der Waals surface area contributed by atoms with Crippen LogP contribution >= 0.6 is 0 Å². The topological polar surface area (TPSA) is 131 Å². The van der Waals surface area contributed by atoms with Gasteiger partial charge in [-0.1, -0.05) is 6.92 Å². The zero-order chi connectivity index (χ0) is 26.9. The van der Waals surface area contributed by atoms with Gasteiger partial charge in [-0.25, -0.2) is 19.3 Å². The molecule has 4 rings (SSSR count). The van der Waals surface area contributed by atoms with Crippen molar-refractivity contribution in [2.24, 2.45) is 0 Å². The van der Waals surface area contributed by atoms with E-state index >= 15 is 0 Å². The van der Waals surface area contributed by atoms with E-state index < -0.39 is 11.7 Å². The number of carbonyl (C=O) groups excluding carboxylic acids is 2. The molecule has 0 saturated carbocycles. The zero-order valence-electron chi connectivity index (χ0n) is 22.4. The number of hydrogen-bond donors (Lipinski definition) is 2. The number of rotatable bonds is 6. The monoisotopic (exact) mass is 508 g/mol. The van der Waals surface area contributed by atoms with Crippen molar-refractivity contribution >= 4 is 29.2 Å². The van der Waals surface area contributed by atoms with Gasteiger partial charge in [0.15, 0.2) is 11.3 Å². The number of nitrogens with one attached hydrogen (secondary N) is 1. The Balaban J connectivity index is 1.52. The molecular weight excluding hydrogens is 472 g/mol. The van der Waals surface area contributed by atoms with Crippen LogP contribution in [0.1, 0.15) is 68.3 Å². The third-order valence-electron chi connectivity index (χ3n) is 6.39. The molecule has 3 aromatic rings. The van der Waals surface area contributed by atoms with Gasteiger partial charge in [0.1, 0.15) is 11.4 Å². The van der Waals surface area contributed by atoms with Gasteiger partial charge in [0, 0.05) is 44.2 Å². The second-order valence-corrected chi connectivity index (χ2v) is 10.5. The fourth-order valence-electron chi connectivity index (χ4n) is 4.63. The largest absolute Gasteiger partial charge is 0.444 e. The highest BCUT2D eigenvalue weighted by atomic mass is 16.6. The third kappa shape index (κ3) is 5.76. The second kappa shape index (κ2) is 10.2. The highest BCUT2D eigenvalue weighted by Crippen LogP contribution is 2.28. The molecule has 1 aliphatic heterocycles. The first-order chi connectivity index (χ1) is 17.5. The van der Waals surface area contributed by atoms with Crippen LogP contribution in [0.15, 0.2) is 30.6 Å². The highest BCUT2D eigenvalue weighted by Gasteiger charge is 2.29. The van der Waals surface area contributed by atoms with Gasteiger partial charge >= 0.3 is 6.09 Å². The normalized spacial score (nSPS) is 16.6. The van der Waals surface area contributed by atoms with Crippen LogP contribution in [0.3, 0.4) is 0 Å². The Morgan fingerprint density at radius 2 is 2.11 bits per heavy atom. The molecule has 0 unspecified atom stereocenters. The van der Waals surface area contributed by atoms with E-state index in [0.29, 0.717) is 24.3 Å². The predicted molar refractivity (Wildman–Crippen MR) is 141 cm³/mol. The van der Waals surface area contributed by atoms with E-state index in [0.717, 1.165) is 30.0 Å². The number of nitrogens with zero attached hydrogens (tertiary/aromatic N) is 6. The van der Waals surface area contributed by atoms with E-state index in [1.165, 1.54) is 0 Å². The van der Waals surface area contributed by atoms with E-state index in [4.69, 9.17) is 20.6 Å². The van der Waals surface area contributed by atoms with Crippen LogP contribution in [-0.2, 0) is 4.74 Å². The average Bonchev–Trinajstić information content (AvgIpc) is 3.44. The molecule has 4 heterocycles. The molecule has 3 aromatic heterocycles. The Kier molecular flexibility index (Phi) is 7.24. The Hall–Kier alpha value is -3.89. The lowest BCUT2D eigenvalue weighted by atomic mass is 10.1. The number of hydrogen-bond acceptors (Lipinski definition) is 8. The van der Waals surface area contributed by atoms with Gasteiger partial charge in [-0.15, -0.1) is 0 Å². The van der Waals surface area contributed by atoms with Crippen LogP contribution < -0.4 is 16.0 Å². The number of nitrogen functional groups attached to an aromatic ring is 1. The predicted octanol–water partition coefficient (Wildman–Crippen LogP) is 3.34. The molecule has 11 nitrogen and oxygen atoms in total. The van der Waals surface area contributed by atoms with Crippen molar-refractivity contribution in [3.8, 4) is 0 Å². The number of fused-ring (bicyclic) bond motifs is 1. The molecule has 3 N–H and O–H groups in total. The number of amides is 2. The maximum absolute atomic E-state index is 13.1. The van der Waals surface area contributed by atoms with Crippen LogP contribution in [-0.4, -0.2) is 68.3 Å². The number of carbonyl (C=O) groups is 2. The van der Waals surface area contributed by atoms with Crippen LogP contribution in [0.4, 0.5) is 16.3 Å². The minimum Gasteiger partial charge on any atom is -0.444 e. The molecule has 1 fully saturated rings. The molecular formula is C26H36N8O3. The lowest BCUT2D eigenvalue weighted by Gasteiger charge is -2.25. The quantitative estimate of drug-likeness (QED) is 0.518. The summed E-state index contributed by atoms with van der Waals surface area (Å²) in [5.41, 5.74) is 8.42. The van der Waals surface area contributed by atoms with E-state index in [1.807, 2.05) is 46.9 Å². The summed E-state index contributed by atoms with van der Waals surface area (Å²) in [5, 5.41) is 7.70. The van der Waals surface area contributed by atoms with Crippen molar-refractivity contribution in [3.05, 3.63) is 47.5 Å². The molecule has 0 spiro atoms. The van der Waals surface area contributed by atoms with E-state index in [2.05, 4.69) is 15.2 Å². The van der Waals surface area contributed by atoms with Crippen molar-refractivity contribution in [3.63, 3.8) is 0 Å². The summed E-state index contributed by atoms with van der Waals surface area (Å²) >= 11 is 0. The maximum Gasteiger partial charge on any atom is 0.407 e. The SMILES string of the molecule is CC[C@@H](c1cc2nc(N3CC[C@H](NC(=O)OC(C)(C)C)C3)c(C)cn2n1)N(C)C(=O)c1ncccc1N. The van der Waals surface area contributed by atoms with Crippen LogP contribution in [0.5, 0.6) is 0 Å². The molecule has 2 amide bonds. The fraction of sp³-hybridized carbons (Fsp3) is 0.500. The van der Waals surface area contributed by atoms with Gasteiger partial charge in [0.2, 0.25) is 0 Å². The van der Waals surface area contributed by atoms with Crippen LogP contribution in [0.2, 0.25) is 0 Å². The molecule has 0 radical (unpaired) electrons. The summed E-state index contributed by atoms with van der Waals surface area (Å²) in [6, 6.07) is 4.99. The van der Waals surface area contributed by atoms with Gasteiger partial charge in [-0.2, -0.15) is 5.10 Å². The standard InChI is InChI=1S/C26H36N8O3/c1-7-20(32(6)24(35)22-18(27)9-8-11-28-22)19-13-21-30-23(16(2)14-34(21)31-19)33-12-10-17(15-33)29-25(36)37-26(3,4)5/h8-9,11,13-14,17,20H,7,10,12,15,27H2,1-6H3,(H,29,36)/t17-,20-/m0/s1. The van der Waals surface area contributed by atoms with Crippen molar-refractivity contribution in [1.82, 2.24) is 29.8 Å². The summed E-state index contributed by atoms with van der Waals surface area (Å²) in [6.45, 7) is 11.0. The van der Waals surface area contributed by atoms with Gasteiger partial charge in [0.05, 0.1) is 23.5 Å². The van der Waals surface area contributed by atoms with E-state index in [1.54, 1.807) is 34.8 Å². The molecule has 1 saturated heterocycles. The average molecular weight is 509 g/mol. The molecule has 198 valence electrons. The van der Waals surface area contributed by atoms with Crippen molar-refractivity contribution in [2.45, 2.75) is 65.1 Å². The number of pyridine rings is 1. The summed E-state index contributed by atoms with van der Waals surface area (Å²) in [4.78, 5) is 38.1. The molecule has 1 aliphatic rings. The maximum atomic E-state index is 13.1. The van der Waals surface area contributed by atoms with Crippen molar-refractivity contribution in [1.29, 1.82) is 0 Å². The zero-order valence-corrected chi connectivity index (χ0v) is 22.4. The number of aromatic nitrogens is 4. The first-order valence-electron chi connectivity index (χ1n) is 12.6. The number of anilines is 2. The first kappa shape index (κ1) is 26.2. The van der Waals surface area contributed by atoms with Gasteiger partial charge < -0.3 is 25.6 Å².